The van der Waals surface area contributed by atoms with Crippen LogP contribution < -0.4 is 5.32 Å². The number of nitrogens with one attached hydrogen (secondary N) is 1. The van der Waals surface area contributed by atoms with E-state index in [0.717, 1.165) is 70.0 Å². The Bertz CT molecular complexity index is 609. The summed E-state index contributed by atoms with van der Waals surface area (Å²) in [4.78, 5) is 9.84. The van der Waals surface area contributed by atoms with E-state index in [-0.39, 0.29) is 0 Å². The predicted octanol–water partition coefficient (Wildman–Crippen LogP) is 1.02. The Morgan fingerprint density at radius 3 is 2.78 bits per heavy atom. The van der Waals surface area contributed by atoms with Gasteiger partial charge in [0.15, 0.2) is 11.8 Å². The van der Waals surface area contributed by atoms with Crippen LogP contribution in [0.25, 0.3) is 0 Å². The number of likely N-dealkylation sites (tertiary alicyclic amines) is 1. The fourth-order valence-electron chi connectivity index (χ4n) is 3.70. The van der Waals surface area contributed by atoms with Gasteiger partial charge in [-0.3, -0.25) is 4.90 Å². The molecule has 152 valence electrons. The molecular weight excluding hydrogens is 342 g/mol. The molecule has 0 amide bonds. The summed E-state index contributed by atoms with van der Waals surface area (Å²) < 4.78 is 7.48. The summed E-state index contributed by atoms with van der Waals surface area (Å²) in [5.41, 5.74) is 0. The normalized spacial score (nSPS) is 21.8. The molecule has 0 radical (unpaired) electrons. The number of unbranched alkanes of at least 4 members (excludes halogenated alkanes) is 1. The number of morpholine rings is 1. The van der Waals surface area contributed by atoms with Gasteiger partial charge in [0.05, 0.1) is 13.2 Å². The van der Waals surface area contributed by atoms with Gasteiger partial charge in [-0.1, -0.05) is 13.3 Å². The number of aryl methyl sites for hydroxylation is 1. The highest BCUT2D eigenvalue weighted by Gasteiger charge is 2.27. The molecule has 1 atom stereocenters. The van der Waals surface area contributed by atoms with Gasteiger partial charge in [0.2, 0.25) is 0 Å². The Hall–Kier alpha value is -1.67. The molecule has 1 aromatic heterocycles. The molecule has 2 aliphatic heterocycles. The van der Waals surface area contributed by atoms with Gasteiger partial charge in [-0.05, 0) is 25.7 Å². The third-order valence-electron chi connectivity index (χ3n) is 5.57. The number of nitrogens with zero attached hydrogens (tertiary/aromatic N) is 6. The maximum Gasteiger partial charge on any atom is 0.194 e. The molecule has 0 aromatic carbocycles. The van der Waals surface area contributed by atoms with Gasteiger partial charge in [0, 0.05) is 46.3 Å². The lowest BCUT2D eigenvalue weighted by Crippen LogP contribution is -2.42. The fourth-order valence-corrected chi connectivity index (χ4v) is 3.70. The standard InChI is InChI=1S/C19H35N7O/c1-4-5-7-20-19(21-13-18-23-22-16(2)24(18)3)26-8-6-17(15-26)14-25-9-11-27-12-10-25/h17H,4-15H2,1-3H3,(H,20,21). The van der Waals surface area contributed by atoms with E-state index in [1.54, 1.807) is 0 Å². The van der Waals surface area contributed by atoms with Crippen molar-refractivity contribution in [1.82, 2.24) is 29.9 Å². The molecule has 2 aliphatic rings. The summed E-state index contributed by atoms with van der Waals surface area (Å²) in [6.07, 6.45) is 3.57. The molecule has 1 N–H and O–H groups in total. The van der Waals surface area contributed by atoms with Crippen LogP contribution in [-0.2, 0) is 18.3 Å². The number of aromatic nitrogens is 3. The minimum Gasteiger partial charge on any atom is -0.379 e. The molecule has 27 heavy (non-hydrogen) atoms. The van der Waals surface area contributed by atoms with E-state index in [2.05, 4.69) is 32.2 Å². The molecular formula is C19H35N7O. The van der Waals surface area contributed by atoms with E-state index in [1.807, 2.05) is 18.5 Å². The Morgan fingerprint density at radius 2 is 2.07 bits per heavy atom. The first-order valence-corrected chi connectivity index (χ1v) is 10.4. The third-order valence-corrected chi connectivity index (χ3v) is 5.57. The number of hydrogen-bond acceptors (Lipinski definition) is 5. The highest BCUT2D eigenvalue weighted by Crippen LogP contribution is 2.18. The van der Waals surface area contributed by atoms with Crippen LogP contribution in [0.15, 0.2) is 4.99 Å². The zero-order valence-corrected chi connectivity index (χ0v) is 17.2. The van der Waals surface area contributed by atoms with Gasteiger partial charge in [-0.25, -0.2) is 4.99 Å². The average molecular weight is 378 g/mol. The molecule has 1 aromatic rings. The summed E-state index contributed by atoms with van der Waals surface area (Å²) in [7, 11) is 2.00. The fraction of sp³-hybridized carbons (Fsp3) is 0.842. The van der Waals surface area contributed by atoms with E-state index in [0.29, 0.717) is 12.5 Å². The van der Waals surface area contributed by atoms with Crippen LogP contribution in [-0.4, -0.2) is 83.0 Å². The first-order valence-electron chi connectivity index (χ1n) is 10.4. The smallest absolute Gasteiger partial charge is 0.194 e. The zero-order chi connectivity index (χ0) is 19.1. The summed E-state index contributed by atoms with van der Waals surface area (Å²) in [5, 5.41) is 11.9. The summed E-state index contributed by atoms with van der Waals surface area (Å²) in [5.74, 6) is 3.56. The summed E-state index contributed by atoms with van der Waals surface area (Å²) >= 11 is 0. The lowest BCUT2D eigenvalue weighted by atomic mass is 10.1. The van der Waals surface area contributed by atoms with Crippen LogP contribution in [0.5, 0.6) is 0 Å². The van der Waals surface area contributed by atoms with Crippen LogP contribution in [0.3, 0.4) is 0 Å². The minimum atomic E-state index is 0.566. The monoisotopic (exact) mass is 377 g/mol. The molecule has 2 fully saturated rings. The molecule has 0 aliphatic carbocycles. The summed E-state index contributed by atoms with van der Waals surface area (Å²) in [6.45, 7) is 12.9. The van der Waals surface area contributed by atoms with Crippen molar-refractivity contribution in [3.63, 3.8) is 0 Å². The second-order valence-electron chi connectivity index (χ2n) is 7.66. The number of ether oxygens (including phenoxy) is 1. The van der Waals surface area contributed by atoms with E-state index in [9.17, 15) is 0 Å². The SMILES string of the molecule is CCCCNC(=NCc1nnc(C)n1C)N1CCC(CN2CCOCC2)C1. The van der Waals surface area contributed by atoms with Crippen molar-refractivity contribution in [2.45, 2.75) is 39.7 Å². The maximum atomic E-state index is 5.47. The molecule has 0 bridgehead atoms. The molecule has 2 saturated heterocycles. The second-order valence-corrected chi connectivity index (χ2v) is 7.66. The molecule has 8 heteroatoms. The van der Waals surface area contributed by atoms with Crippen LogP contribution in [0.1, 0.15) is 37.8 Å². The quantitative estimate of drug-likeness (QED) is 0.435. The Balaban J connectivity index is 1.58. The molecule has 1 unspecified atom stereocenters. The molecule has 3 rings (SSSR count). The largest absolute Gasteiger partial charge is 0.379 e. The van der Waals surface area contributed by atoms with Crippen LogP contribution in [0.2, 0.25) is 0 Å². The van der Waals surface area contributed by atoms with Crippen molar-refractivity contribution in [1.29, 1.82) is 0 Å². The van der Waals surface area contributed by atoms with Crippen molar-refractivity contribution in [2.24, 2.45) is 18.0 Å². The highest BCUT2D eigenvalue weighted by atomic mass is 16.5. The molecule has 0 spiro atoms. The van der Waals surface area contributed by atoms with Crippen molar-refractivity contribution in [3.8, 4) is 0 Å². The van der Waals surface area contributed by atoms with Crippen LogP contribution >= 0.6 is 0 Å². The number of rotatable bonds is 7. The van der Waals surface area contributed by atoms with E-state index < -0.39 is 0 Å². The van der Waals surface area contributed by atoms with E-state index >= 15 is 0 Å². The van der Waals surface area contributed by atoms with E-state index in [4.69, 9.17) is 9.73 Å². The number of guanidine groups is 1. The first-order chi connectivity index (χ1) is 13.2. The number of hydrogen-bond donors (Lipinski definition) is 1. The predicted molar refractivity (Wildman–Crippen MR) is 107 cm³/mol. The Labute approximate surface area is 163 Å². The van der Waals surface area contributed by atoms with Crippen LogP contribution in [0, 0.1) is 12.8 Å². The topological polar surface area (TPSA) is 70.8 Å². The van der Waals surface area contributed by atoms with Crippen molar-refractivity contribution in [2.75, 3.05) is 52.5 Å². The second kappa shape index (κ2) is 10.0. The Morgan fingerprint density at radius 1 is 1.26 bits per heavy atom. The third kappa shape index (κ3) is 5.65. The summed E-state index contributed by atoms with van der Waals surface area (Å²) in [6, 6.07) is 0. The molecule has 0 saturated carbocycles. The number of aliphatic imine (C=N–C) groups is 1. The first kappa shape index (κ1) is 20.1. The molecule has 3 heterocycles. The lowest BCUT2D eigenvalue weighted by molar-refractivity contribution is 0.0315. The van der Waals surface area contributed by atoms with Gasteiger partial charge in [-0.2, -0.15) is 0 Å². The average Bonchev–Trinajstić information content (AvgIpc) is 3.27. The van der Waals surface area contributed by atoms with Crippen molar-refractivity contribution >= 4 is 5.96 Å². The van der Waals surface area contributed by atoms with Crippen LogP contribution in [0.4, 0.5) is 0 Å². The van der Waals surface area contributed by atoms with E-state index in [1.165, 1.54) is 19.4 Å². The van der Waals surface area contributed by atoms with Crippen molar-refractivity contribution in [3.05, 3.63) is 11.6 Å². The van der Waals surface area contributed by atoms with Gasteiger partial charge in [0.1, 0.15) is 12.4 Å². The van der Waals surface area contributed by atoms with Gasteiger partial charge >= 0.3 is 0 Å². The molecule has 8 nitrogen and oxygen atoms in total. The van der Waals surface area contributed by atoms with Gasteiger partial charge < -0.3 is 19.5 Å². The minimum absolute atomic E-state index is 0.566. The Kier molecular flexibility index (Phi) is 7.46. The maximum absolute atomic E-state index is 5.47. The highest BCUT2D eigenvalue weighted by molar-refractivity contribution is 5.80. The van der Waals surface area contributed by atoms with Crippen molar-refractivity contribution < 1.29 is 4.74 Å². The van der Waals surface area contributed by atoms with Gasteiger partial charge in [-0.15, -0.1) is 10.2 Å². The lowest BCUT2D eigenvalue weighted by Gasteiger charge is -2.29. The zero-order valence-electron chi connectivity index (χ0n) is 17.2. The van der Waals surface area contributed by atoms with Gasteiger partial charge in [0.25, 0.3) is 0 Å².